The van der Waals surface area contributed by atoms with Crippen molar-refractivity contribution in [3.05, 3.63) is 65.7 Å². The maximum Gasteiger partial charge on any atom is 0.120 e. The third kappa shape index (κ3) is 5.24. The minimum atomic E-state index is 0.214. The first kappa shape index (κ1) is 15.6. The minimum Gasteiger partial charge on any atom is -0.491 e. The van der Waals surface area contributed by atoms with Crippen LogP contribution in [0.25, 0.3) is 0 Å². The summed E-state index contributed by atoms with van der Waals surface area (Å²) in [6, 6.07) is 18.9. The zero-order chi connectivity index (χ0) is 15.1. The molecule has 2 aromatic carbocycles. The Hall–Kier alpha value is -1.80. The number of rotatable bonds is 7. The second-order valence-electron chi connectivity index (χ2n) is 5.76. The molecule has 1 N–H and O–H groups in total. The number of nitrogens with one attached hydrogen (secondary N) is 1. The first-order valence-corrected chi connectivity index (χ1v) is 7.66. The number of ether oxygens (including phenoxy) is 1. The Bertz CT molecular complexity index is 536. The van der Waals surface area contributed by atoms with Gasteiger partial charge in [0.25, 0.3) is 0 Å². The molecule has 0 saturated heterocycles. The van der Waals surface area contributed by atoms with Crippen molar-refractivity contribution in [3.8, 4) is 5.75 Å². The molecule has 0 aliphatic rings. The third-order valence-corrected chi connectivity index (χ3v) is 3.42. The quantitative estimate of drug-likeness (QED) is 0.815. The van der Waals surface area contributed by atoms with E-state index >= 15 is 0 Å². The molecule has 1 unspecified atom stereocenters. The lowest BCUT2D eigenvalue weighted by molar-refractivity contribution is 0.242. The first-order chi connectivity index (χ1) is 10.1. The minimum absolute atomic E-state index is 0.214. The van der Waals surface area contributed by atoms with Gasteiger partial charge in [0.15, 0.2) is 0 Å². The second kappa shape index (κ2) is 7.84. The Morgan fingerprint density at radius 2 is 1.71 bits per heavy atom. The largest absolute Gasteiger partial charge is 0.491 e. The lowest BCUT2D eigenvalue weighted by atomic mass is 10.0. The summed E-state index contributed by atoms with van der Waals surface area (Å²) in [5, 5.41) is 3.52. The van der Waals surface area contributed by atoms with E-state index in [9.17, 15) is 0 Å². The van der Waals surface area contributed by atoms with Crippen LogP contribution in [-0.4, -0.2) is 12.6 Å². The normalized spacial score (nSPS) is 12.4. The molecular weight excluding hydrogens is 258 g/mol. The highest BCUT2D eigenvalue weighted by Crippen LogP contribution is 2.16. The van der Waals surface area contributed by atoms with Gasteiger partial charge in [0.2, 0.25) is 0 Å². The fourth-order valence-corrected chi connectivity index (χ4v) is 2.33. The summed E-state index contributed by atoms with van der Waals surface area (Å²) in [5.41, 5.74) is 2.63. The third-order valence-electron chi connectivity index (χ3n) is 3.42. The van der Waals surface area contributed by atoms with Gasteiger partial charge < -0.3 is 10.1 Å². The number of hydrogen-bond acceptors (Lipinski definition) is 2. The van der Waals surface area contributed by atoms with Crippen LogP contribution >= 0.6 is 0 Å². The average molecular weight is 283 g/mol. The zero-order valence-corrected chi connectivity index (χ0v) is 13.2. The summed E-state index contributed by atoms with van der Waals surface area (Å²) < 4.78 is 5.72. The van der Waals surface area contributed by atoms with E-state index in [1.807, 2.05) is 19.9 Å². The smallest absolute Gasteiger partial charge is 0.120 e. The van der Waals surface area contributed by atoms with Gasteiger partial charge in [0, 0.05) is 13.1 Å². The molecule has 0 radical (unpaired) electrons. The van der Waals surface area contributed by atoms with Crippen molar-refractivity contribution in [1.82, 2.24) is 5.32 Å². The molecule has 0 spiro atoms. The Morgan fingerprint density at radius 1 is 0.952 bits per heavy atom. The van der Waals surface area contributed by atoms with Crippen LogP contribution in [0.1, 0.15) is 37.8 Å². The Morgan fingerprint density at radius 3 is 2.43 bits per heavy atom. The molecule has 0 aliphatic carbocycles. The van der Waals surface area contributed by atoms with Gasteiger partial charge in [-0.15, -0.1) is 0 Å². The molecule has 2 rings (SSSR count). The molecule has 1 atom stereocenters. The van der Waals surface area contributed by atoms with Crippen molar-refractivity contribution < 1.29 is 4.74 Å². The van der Waals surface area contributed by atoms with Crippen LogP contribution in [0.3, 0.4) is 0 Å². The van der Waals surface area contributed by atoms with Crippen LogP contribution in [0, 0.1) is 0 Å². The SMILES string of the molecule is CC(C)Oc1cccc(CNCC(C)c2ccccc2)c1. The average Bonchev–Trinajstić information content (AvgIpc) is 2.48. The number of benzene rings is 2. The van der Waals surface area contributed by atoms with Crippen molar-refractivity contribution in [3.63, 3.8) is 0 Å². The van der Waals surface area contributed by atoms with E-state index in [-0.39, 0.29) is 6.10 Å². The van der Waals surface area contributed by atoms with E-state index in [0.29, 0.717) is 5.92 Å². The van der Waals surface area contributed by atoms with Crippen LogP contribution in [0.15, 0.2) is 54.6 Å². The predicted molar refractivity (Wildman–Crippen MR) is 88.8 cm³/mol. The standard InChI is InChI=1S/C19H25NO/c1-15(2)21-19-11-7-8-17(12-19)14-20-13-16(3)18-9-5-4-6-10-18/h4-12,15-16,20H,13-14H2,1-3H3. The van der Waals surface area contributed by atoms with Gasteiger partial charge in [-0.25, -0.2) is 0 Å². The fraction of sp³-hybridized carbons (Fsp3) is 0.368. The van der Waals surface area contributed by atoms with Crippen molar-refractivity contribution in [2.45, 2.75) is 39.3 Å². The molecule has 0 aliphatic heterocycles. The monoisotopic (exact) mass is 283 g/mol. The lowest BCUT2D eigenvalue weighted by Crippen LogP contribution is -2.19. The second-order valence-corrected chi connectivity index (χ2v) is 5.76. The molecule has 0 amide bonds. The highest BCUT2D eigenvalue weighted by molar-refractivity contribution is 5.28. The molecule has 112 valence electrons. The molecule has 0 fully saturated rings. The molecule has 2 nitrogen and oxygen atoms in total. The van der Waals surface area contributed by atoms with Gasteiger partial charge in [0.1, 0.15) is 5.75 Å². The molecule has 0 aromatic heterocycles. The molecular formula is C19H25NO. The van der Waals surface area contributed by atoms with Gasteiger partial charge in [-0.2, -0.15) is 0 Å². The van der Waals surface area contributed by atoms with E-state index in [0.717, 1.165) is 18.8 Å². The number of hydrogen-bond donors (Lipinski definition) is 1. The summed E-state index contributed by atoms with van der Waals surface area (Å²) >= 11 is 0. The highest BCUT2D eigenvalue weighted by Gasteiger charge is 2.04. The summed E-state index contributed by atoms with van der Waals surface area (Å²) in [5.74, 6) is 1.46. The van der Waals surface area contributed by atoms with Gasteiger partial charge in [-0.05, 0) is 43.0 Å². The van der Waals surface area contributed by atoms with E-state index < -0.39 is 0 Å². The van der Waals surface area contributed by atoms with Crippen LogP contribution in [-0.2, 0) is 6.54 Å². The Labute approximate surface area is 128 Å². The van der Waals surface area contributed by atoms with Crippen molar-refractivity contribution in [1.29, 1.82) is 0 Å². The van der Waals surface area contributed by atoms with Crippen molar-refractivity contribution in [2.24, 2.45) is 0 Å². The summed E-state index contributed by atoms with van der Waals surface area (Å²) in [6.45, 7) is 8.19. The van der Waals surface area contributed by atoms with Crippen molar-refractivity contribution in [2.75, 3.05) is 6.54 Å². The highest BCUT2D eigenvalue weighted by atomic mass is 16.5. The maximum absolute atomic E-state index is 5.72. The molecule has 0 saturated carbocycles. The van der Waals surface area contributed by atoms with Crippen LogP contribution in [0.5, 0.6) is 5.75 Å². The van der Waals surface area contributed by atoms with Crippen molar-refractivity contribution >= 4 is 0 Å². The van der Waals surface area contributed by atoms with Gasteiger partial charge in [0.05, 0.1) is 6.10 Å². The van der Waals surface area contributed by atoms with Gasteiger partial charge in [-0.1, -0.05) is 49.4 Å². The van der Waals surface area contributed by atoms with Gasteiger partial charge >= 0.3 is 0 Å². The maximum atomic E-state index is 5.72. The molecule has 2 heteroatoms. The predicted octanol–water partition coefficient (Wildman–Crippen LogP) is 4.37. The van der Waals surface area contributed by atoms with Crippen LogP contribution in [0.2, 0.25) is 0 Å². The van der Waals surface area contributed by atoms with E-state index in [4.69, 9.17) is 4.74 Å². The molecule has 0 bridgehead atoms. The van der Waals surface area contributed by atoms with E-state index in [2.05, 4.69) is 60.8 Å². The summed E-state index contributed by atoms with van der Waals surface area (Å²) in [4.78, 5) is 0. The Kier molecular flexibility index (Phi) is 5.82. The zero-order valence-electron chi connectivity index (χ0n) is 13.2. The first-order valence-electron chi connectivity index (χ1n) is 7.66. The van der Waals surface area contributed by atoms with E-state index in [1.54, 1.807) is 0 Å². The molecule has 0 heterocycles. The summed E-state index contributed by atoms with van der Waals surface area (Å²) in [7, 11) is 0. The Balaban J connectivity index is 1.83. The molecule has 21 heavy (non-hydrogen) atoms. The lowest BCUT2D eigenvalue weighted by Gasteiger charge is -2.14. The van der Waals surface area contributed by atoms with Crippen LogP contribution < -0.4 is 10.1 Å². The topological polar surface area (TPSA) is 21.3 Å². The van der Waals surface area contributed by atoms with Crippen LogP contribution in [0.4, 0.5) is 0 Å². The molecule has 2 aromatic rings. The summed E-state index contributed by atoms with van der Waals surface area (Å²) in [6.07, 6.45) is 0.214. The van der Waals surface area contributed by atoms with Gasteiger partial charge in [-0.3, -0.25) is 0 Å². The fourth-order valence-electron chi connectivity index (χ4n) is 2.33. The van der Waals surface area contributed by atoms with E-state index in [1.165, 1.54) is 11.1 Å².